The summed E-state index contributed by atoms with van der Waals surface area (Å²) in [5.41, 5.74) is 0. The molecule has 2 N–H and O–H groups in total. The molecule has 26 heavy (non-hydrogen) atoms. The fourth-order valence-corrected chi connectivity index (χ4v) is 3.31. The van der Waals surface area contributed by atoms with Crippen LogP contribution in [0.5, 0.6) is 0 Å². The third kappa shape index (κ3) is 8.55. The maximum Gasteiger partial charge on any atom is 0.401 e. The third-order valence-electron chi connectivity index (χ3n) is 4.64. The van der Waals surface area contributed by atoms with Crippen molar-refractivity contribution in [3.8, 4) is 0 Å². The highest BCUT2D eigenvalue weighted by atomic mass is 19.4. The highest BCUT2D eigenvalue weighted by Gasteiger charge is 2.34. The molecule has 0 aromatic carbocycles. The number of nitrogens with one attached hydrogen (secondary N) is 2. The fraction of sp³-hybridized carbons (Fsp3) is 0.941. The lowest BCUT2D eigenvalue weighted by Gasteiger charge is -2.18. The highest BCUT2D eigenvalue weighted by molar-refractivity contribution is 5.79. The van der Waals surface area contributed by atoms with Crippen LogP contribution in [-0.4, -0.2) is 82.7 Å². The second-order valence-electron chi connectivity index (χ2n) is 6.95. The van der Waals surface area contributed by atoms with Crippen LogP contribution in [0, 0.1) is 5.92 Å². The Morgan fingerprint density at radius 1 is 1.31 bits per heavy atom. The Morgan fingerprint density at radius 2 is 2.15 bits per heavy atom. The van der Waals surface area contributed by atoms with Crippen LogP contribution in [-0.2, 0) is 9.47 Å². The largest absolute Gasteiger partial charge is 0.401 e. The Labute approximate surface area is 153 Å². The lowest BCUT2D eigenvalue weighted by Crippen LogP contribution is -2.41. The summed E-state index contributed by atoms with van der Waals surface area (Å²) in [4.78, 5) is 5.61. The van der Waals surface area contributed by atoms with Gasteiger partial charge in [0.05, 0.1) is 19.3 Å². The minimum atomic E-state index is -4.12. The predicted molar refractivity (Wildman–Crippen MR) is 94.4 cm³/mol. The lowest BCUT2D eigenvalue weighted by atomic mass is 10.1. The molecule has 2 rings (SSSR count). The van der Waals surface area contributed by atoms with Crippen LogP contribution in [0.4, 0.5) is 13.2 Å². The van der Waals surface area contributed by atoms with E-state index in [1.807, 2.05) is 0 Å². The maximum atomic E-state index is 12.4. The average molecular weight is 380 g/mol. The average Bonchev–Trinajstić information content (AvgIpc) is 3.24. The Morgan fingerprint density at radius 3 is 2.85 bits per heavy atom. The molecule has 0 aromatic rings. The maximum absolute atomic E-state index is 12.4. The Balaban J connectivity index is 1.50. The molecular formula is C17H31F3N4O2. The number of likely N-dealkylation sites (tertiary alicyclic amines) is 1. The molecule has 2 saturated heterocycles. The van der Waals surface area contributed by atoms with E-state index < -0.39 is 12.7 Å². The Kier molecular flexibility index (Phi) is 8.94. The monoisotopic (exact) mass is 380 g/mol. The van der Waals surface area contributed by atoms with E-state index in [4.69, 9.17) is 9.47 Å². The number of guanidine groups is 1. The van der Waals surface area contributed by atoms with Crippen LogP contribution in [0.1, 0.15) is 25.7 Å². The summed E-state index contributed by atoms with van der Waals surface area (Å²) in [6.07, 6.45) is -0.0389. The van der Waals surface area contributed by atoms with Crippen LogP contribution >= 0.6 is 0 Å². The summed E-state index contributed by atoms with van der Waals surface area (Å²) in [5, 5.41) is 6.41. The molecule has 0 aliphatic carbocycles. The van der Waals surface area contributed by atoms with Gasteiger partial charge in [-0.1, -0.05) is 0 Å². The first-order valence-electron chi connectivity index (χ1n) is 9.39. The fourth-order valence-electron chi connectivity index (χ4n) is 3.31. The summed E-state index contributed by atoms with van der Waals surface area (Å²) in [6, 6.07) is 0. The van der Waals surface area contributed by atoms with Gasteiger partial charge in [0.1, 0.15) is 0 Å². The molecule has 0 spiro atoms. The van der Waals surface area contributed by atoms with Crippen molar-refractivity contribution < 1.29 is 22.6 Å². The standard InChI is InChI=1S/C17H31F3N4O2/c1-21-16(22-6-3-8-25-12-15-4-2-9-26-15)23-10-14-5-7-24(11-14)13-17(18,19)20/h14-15H,2-13H2,1H3,(H2,21,22,23). The van der Waals surface area contributed by atoms with Gasteiger partial charge in [-0.2, -0.15) is 13.2 Å². The van der Waals surface area contributed by atoms with Crippen LogP contribution in [0.25, 0.3) is 0 Å². The quantitative estimate of drug-likeness (QED) is 0.362. The molecule has 0 radical (unpaired) electrons. The van der Waals surface area contributed by atoms with Gasteiger partial charge < -0.3 is 20.1 Å². The molecule has 0 aromatic heterocycles. The van der Waals surface area contributed by atoms with E-state index in [1.54, 1.807) is 7.05 Å². The smallest absolute Gasteiger partial charge is 0.379 e. The van der Waals surface area contributed by atoms with Crippen molar-refractivity contribution in [2.75, 3.05) is 59.6 Å². The van der Waals surface area contributed by atoms with Crippen molar-refractivity contribution in [2.45, 2.75) is 38.0 Å². The number of hydrogen-bond acceptors (Lipinski definition) is 4. The molecule has 0 bridgehead atoms. The van der Waals surface area contributed by atoms with Gasteiger partial charge in [-0.05, 0) is 38.1 Å². The molecule has 0 saturated carbocycles. The van der Waals surface area contributed by atoms with Gasteiger partial charge in [-0.25, -0.2) is 0 Å². The number of nitrogens with zero attached hydrogens (tertiary/aromatic N) is 2. The summed E-state index contributed by atoms with van der Waals surface area (Å²) >= 11 is 0. The van der Waals surface area contributed by atoms with Crippen molar-refractivity contribution in [2.24, 2.45) is 10.9 Å². The topological polar surface area (TPSA) is 58.1 Å². The van der Waals surface area contributed by atoms with Crippen LogP contribution in [0.15, 0.2) is 4.99 Å². The number of hydrogen-bond donors (Lipinski definition) is 2. The van der Waals surface area contributed by atoms with E-state index in [0.717, 1.165) is 38.8 Å². The van der Waals surface area contributed by atoms with E-state index in [2.05, 4.69) is 15.6 Å². The summed E-state index contributed by atoms with van der Waals surface area (Å²) in [7, 11) is 1.69. The molecule has 6 nitrogen and oxygen atoms in total. The number of rotatable bonds is 9. The minimum absolute atomic E-state index is 0.214. The summed E-state index contributed by atoms with van der Waals surface area (Å²) < 4.78 is 48.3. The molecule has 0 amide bonds. The number of ether oxygens (including phenoxy) is 2. The summed E-state index contributed by atoms with van der Waals surface area (Å²) in [6.45, 7) is 3.68. The van der Waals surface area contributed by atoms with E-state index >= 15 is 0 Å². The van der Waals surface area contributed by atoms with Gasteiger partial charge in [0.25, 0.3) is 0 Å². The van der Waals surface area contributed by atoms with Crippen molar-refractivity contribution in [1.82, 2.24) is 15.5 Å². The van der Waals surface area contributed by atoms with Crippen molar-refractivity contribution >= 4 is 5.96 Å². The molecule has 2 fully saturated rings. The van der Waals surface area contributed by atoms with Crippen molar-refractivity contribution in [3.63, 3.8) is 0 Å². The van der Waals surface area contributed by atoms with Gasteiger partial charge in [-0.15, -0.1) is 0 Å². The molecule has 2 unspecified atom stereocenters. The molecule has 152 valence electrons. The normalized spacial score (nSPS) is 25.0. The lowest BCUT2D eigenvalue weighted by molar-refractivity contribution is -0.143. The number of alkyl halides is 3. The first-order chi connectivity index (χ1) is 12.5. The molecular weight excluding hydrogens is 349 g/mol. The second kappa shape index (κ2) is 10.9. The molecule has 2 aliphatic heterocycles. The van der Waals surface area contributed by atoms with Gasteiger partial charge in [-0.3, -0.25) is 9.89 Å². The molecule has 9 heteroatoms. The van der Waals surface area contributed by atoms with Gasteiger partial charge in [0.15, 0.2) is 5.96 Å². The molecule has 2 atom stereocenters. The van der Waals surface area contributed by atoms with Crippen LogP contribution < -0.4 is 10.6 Å². The number of aliphatic imine (C=N–C) groups is 1. The number of halogens is 3. The zero-order valence-electron chi connectivity index (χ0n) is 15.5. The SMILES string of the molecule is CN=C(NCCCOCC1CCCO1)NCC1CCN(CC(F)(F)F)C1. The molecule has 2 aliphatic rings. The van der Waals surface area contributed by atoms with Gasteiger partial charge >= 0.3 is 6.18 Å². The zero-order chi connectivity index (χ0) is 18.8. The van der Waals surface area contributed by atoms with Crippen molar-refractivity contribution in [1.29, 1.82) is 0 Å². The molecule has 2 heterocycles. The van der Waals surface area contributed by atoms with Gasteiger partial charge in [0, 0.05) is 39.9 Å². The van der Waals surface area contributed by atoms with E-state index in [1.165, 1.54) is 4.90 Å². The Bertz CT molecular complexity index is 429. The highest BCUT2D eigenvalue weighted by Crippen LogP contribution is 2.22. The first kappa shape index (κ1) is 21.2. The summed E-state index contributed by atoms with van der Waals surface area (Å²) in [5.74, 6) is 0.893. The zero-order valence-corrected chi connectivity index (χ0v) is 15.5. The van der Waals surface area contributed by atoms with E-state index in [0.29, 0.717) is 38.8 Å². The van der Waals surface area contributed by atoms with Crippen LogP contribution in [0.2, 0.25) is 0 Å². The predicted octanol–water partition coefficient (Wildman–Crippen LogP) is 1.62. The second-order valence-corrected chi connectivity index (χ2v) is 6.95. The van der Waals surface area contributed by atoms with Crippen LogP contribution in [0.3, 0.4) is 0 Å². The minimum Gasteiger partial charge on any atom is -0.379 e. The Hall–Kier alpha value is -1.06. The van der Waals surface area contributed by atoms with Crippen molar-refractivity contribution in [3.05, 3.63) is 0 Å². The first-order valence-corrected chi connectivity index (χ1v) is 9.39. The third-order valence-corrected chi connectivity index (χ3v) is 4.64. The van der Waals surface area contributed by atoms with E-state index in [-0.39, 0.29) is 12.0 Å². The van der Waals surface area contributed by atoms with E-state index in [9.17, 15) is 13.2 Å². The van der Waals surface area contributed by atoms with Gasteiger partial charge in [0.2, 0.25) is 0 Å².